The number of rotatable bonds is 7. The first-order valence-electron chi connectivity index (χ1n) is 15.1. The zero-order chi connectivity index (χ0) is 22.2. The van der Waals surface area contributed by atoms with Crippen LogP contribution in [0.25, 0.3) is 0 Å². The molecule has 0 radical (unpaired) electrons. The third-order valence-corrected chi connectivity index (χ3v) is 10.7. The van der Waals surface area contributed by atoms with Crippen molar-refractivity contribution in [2.45, 2.75) is 144 Å². The Balaban J connectivity index is 0.000000196. The maximum absolute atomic E-state index is 2.59. The SMILES string of the molecule is CCC(CC)C1CCC(C)CC1.CCCCC1C(C)CC2CCCC2C1C1CCCC1. The summed E-state index contributed by atoms with van der Waals surface area (Å²) in [6.07, 6.45) is 25.7. The van der Waals surface area contributed by atoms with Gasteiger partial charge in [0.25, 0.3) is 0 Å². The standard InChI is InChI=1S/C19H34.C12H24/c1-3-4-11-17-14(2)13-16-10-7-12-18(16)19(17)15-8-5-6-9-15;1-4-11(5-2)12-8-6-10(3)7-9-12/h14-19H,3-13H2,1-2H3;10-12H,4-9H2,1-3H3. The van der Waals surface area contributed by atoms with E-state index in [1.54, 1.807) is 44.9 Å². The van der Waals surface area contributed by atoms with Crippen LogP contribution in [-0.2, 0) is 0 Å². The molecule has 0 saturated heterocycles. The number of hydrogen-bond acceptors (Lipinski definition) is 0. The highest BCUT2D eigenvalue weighted by Gasteiger charge is 2.47. The summed E-state index contributed by atoms with van der Waals surface area (Å²) in [4.78, 5) is 0. The normalized spacial score (nSPS) is 38.7. The Morgan fingerprint density at radius 2 is 1.35 bits per heavy atom. The zero-order valence-electron chi connectivity index (χ0n) is 22.2. The molecule has 4 aliphatic carbocycles. The molecule has 4 fully saturated rings. The van der Waals surface area contributed by atoms with Crippen molar-refractivity contribution in [2.75, 3.05) is 0 Å². The van der Waals surface area contributed by atoms with Crippen molar-refractivity contribution in [2.24, 2.45) is 53.3 Å². The summed E-state index contributed by atoms with van der Waals surface area (Å²) in [6.45, 7) is 12.1. The first-order valence-corrected chi connectivity index (χ1v) is 15.1. The van der Waals surface area contributed by atoms with Crippen molar-refractivity contribution < 1.29 is 0 Å². The summed E-state index contributed by atoms with van der Waals surface area (Å²) in [5.41, 5.74) is 0. The minimum absolute atomic E-state index is 1.01. The Bertz CT molecular complexity index is 462. The second kappa shape index (κ2) is 13.0. The van der Waals surface area contributed by atoms with E-state index in [-0.39, 0.29) is 0 Å². The van der Waals surface area contributed by atoms with E-state index in [0.717, 1.165) is 53.3 Å². The predicted molar refractivity (Wildman–Crippen MR) is 138 cm³/mol. The van der Waals surface area contributed by atoms with Gasteiger partial charge in [0.2, 0.25) is 0 Å². The minimum atomic E-state index is 1.01. The molecule has 0 aromatic carbocycles. The van der Waals surface area contributed by atoms with Gasteiger partial charge in [0.1, 0.15) is 0 Å². The molecule has 4 rings (SSSR count). The lowest BCUT2D eigenvalue weighted by Gasteiger charge is -2.47. The fourth-order valence-corrected chi connectivity index (χ4v) is 8.88. The molecule has 0 aromatic heterocycles. The van der Waals surface area contributed by atoms with Gasteiger partial charge >= 0.3 is 0 Å². The second-order valence-electron chi connectivity index (χ2n) is 12.6. The molecular formula is C31H58. The Morgan fingerprint density at radius 1 is 0.710 bits per heavy atom. The maximum Gasteiger partial charge on any atom is -0.0324 e. The molecule has 5 atom stereocenters. The van der Waals surface area contributed by atoms with E-state index >= 15 is 0 Å². The molecule has 4 saturated carbocycles. The molecule has 182 valence electrons. The van der Waals surface area contributed by atoms with Crippen LogP contribution in [0.4, 0.5) is 0 Å². The lowest BCUT2D eigenvalue weighted by molar-refractivity contribution is 0.0160. The van der Waals surface area contributed by atoms with Crippen molar-refractivity contribution in [3.63, 3.8) is 0 Å². The number of hydrogen-bond donors (Lipinski definition) is 0. The highest BCUT2D eigenvalue weighted by Crippen LogP contribution is 2.56. The van der Waals surface area contributed by atoms with Crippen molar-refractivity contribution in [3.8, 4) is 0 Å². The first-order chi connectivity index (χ1) is 15.1. The van der Waals surface area contributed by atoms with E-state index in [1.807, 2.05) is 0 Å². The lowest BCUT2D eigenvalue weighted by Crippen LogP contribution is -2.40. The monoisotopic (exact) mass is 430 g/mol. The second-order valence-corrected chi connectivity index (χ2v) is 12.6. The van der Waals surface area contributed by atoms with E-state index in [0.29, 0.717) is 0 Å². The van der Waals surface area contributed by atoms with Crippen LogP contribution in [0.2, 0.25) is 0 Å². The van der Waals surface area contributed by atoms with Crippen LogP contribution >= 0.6 is 0 Å². The zero-order valence-corrected chi connectivity index (χ0v) is 22.2. The third-order valence-electron chi connectivity index (χ3n) is 10.7. The van der Waals surface area contributed by atoms with Gasteiger partial charge in [-0.3, -0.25) is 0 Å². The summed E-state index contributed by atoms with van der Waals surface area (Å²) < 4.78 is 0. The highest BCUT2D eigenvalue weighted by molar-refractivity contribution is 4.97. The van der Waals surface area contributed by atoms with Crippen LogP contribution in [0.1, 0.15) is 144 Å². The molecule has 0 spiro atoms. The quantitative estimate of drug-likeness (QED) is 0.376. The molecule has 4 aliphatic rings. The van der Waals surface area contributed by atoms with Crippen LogP contribution in [0.3, 0.4) is 0 Å². The van der Waals surface area contributed by atoms with Gasteiger partial charge in [0.15, 0.2) is 0 Å². The molecule has 31 heavy (non-hydrogen) atoms. The van der Waals surface area contributed by atoms with Gasteiger partial charge in [-0.25, -0.2) is 0 Å². The van der Waals surface area contributed by atoms with Gasteiger partial charge < -0.3 is 0 Å². The summed E-state index contributed by atoms with van der Waals surface area (Å²) in [7, 11) is 0. The fraction of sp³-hybridized carbons (Fsp3) is 1.00. The Labute approximate surface area is 197 Å². The lowest BCUT2D eigenvalue weighted by atomic mass is 9.58. The van der Waals surface area contributed by atoms with Crippen molar-refractivity contribution in [3.05, 3.63) is 0 Å². The summed E-state index contributed by atoms with van der Waals surface area (Å²) in [6, 6.07) is 0. The fourth-order valence-electron chi connectivity index (χ4n) is 8.88. The molecule has 0 amide bonds. The van der Waals surface area contributed by atoms with Crippen molar-refractivity contribution >= 4 is 0 Å². The van der Waals surface area contributed by atoms with E-state index in [9.17, 15) is 0 Å². The summed E-state index contributed by atoms with van der Waals surface area (Å²) in [5, 5.41) is 0. The maximum atomic E-state index is 2.59. The molecule has 5 unspecified atom stereocenters. The van der Waals surface area contributed by atoms with Gasteiger partial charge in [-0.05, 0) is 85.4 Å². The molecule has 0 aliphatic heterocycles. The number of fused-ring (bicyclic) bond motifs is 1. The molecule has 0 bridgehead atoms. The first kappa shape index (κ1) is 25.6. The van der Waals surface area contributed by atoms with Gasteiger partial charge in [-0.1, -0.05) is 112 Å². The topological polar surface area (TPSA) is 0 Å². The van der Waals surface area contributed by atoms with Gasteiger partial charge in [-0.2, -0.15) is 0 Å². The molecule has 0 heteroatoms. The summed E-state index contributed by atoms with van der Waals surface area (Å²) in [5.74, 6) is 9.73. The smallest absolute Gasteiger partial charge is 0.0324 e. The third kappa shape index (κ3) is 6.76. The van der Waals surface area contributed by atoms with Crippen LogP contribution in [0.15, 0.2) is 0 Å². The minimum Gasteiger partial charge on any atom is -0.0654 e. The van der Waals surface area contributed by atoms with Gasteiger partial charge in [0.05, 0.1) is 0 Å². The average molecular weight is 431 g/mol. The highest BCUT2D eigenvalue weighted by atomic mass is 14.5. The van der Waals surface area contributed by atoms with E-state index in [2.05, 4.69) is 34.6 Å². The van der Waals surface area contributed by atoms with E-state index in [4.69, 9.17) is 0 Å². The van der Waals surface area contributed by atoms with Crippen LogP contribution in [0, 0.1) is 53.3 Å². The van der Waals surface area contributed by atoms with Crippen LogP contribution in [-0.4, -0.2) is 0 Å². The number of unbranched alkanes of at least 4 members (excludes halogenated alkanes) is 1. The van der Waals surface area contributed by atoms with E-state index in [1.165, 1.54) is 64.2 Å². The molecule has 0 aromatic rings. The average Bonchev–Trinajstić information content (AvgIpc) is 3.46. The molecule has 0 nitrogen and oxygen atoms in total. The summed E-state index contributed by atoms with van der Waals surface area (Å²) >= 11 is 0. The molecule has 0 N–H and O–H groups in total. The molecular weight excluding hydrogens is 372 g/mol. The van der Waals surface area contributed by atoms with Crippen LogP contribution < -0.4 is 0 Å². The van der Waals surface area contributed by atoms with E-state index < -0.39 is 0 Å². The van der Waals surface area contributed by atoms with Gasteiger partial charge in [0, 0.05) is 0 Å². The Kier molecular flexibility index (Phi) is 10.8. The predicted octanol–water partition coefficient (Wildman–Crippen LogP) is 10.3. The van der Waals surface area contributed by atoms with Crippen molar-refractivity contribution in [1.82, 2.24) is 0 Å². The van der Waals surface area contributed by atoms with Gasteiger partial charge in [-0.15, -0.1) is 0 Å². The Morgan fingerprint density at radius 3 is 1.97 bits per heavy atom. The largest absolute Gasteiger partial charge is 0.0654 e. The Hall–Kier alpha value is 0. The van der Waals surface area contributed by atoms with Crippen LogP contribution in [0.5, 0.6) is 0 Å². The molecule has 0 heterocycles. The van der Waals surface area contributed by atoms with Crippen molar-refractivity contribution in [1.29, 1.82) is 0 Å².